The number of piperidine rings is 1. The zero-order chi connectivity index (χ0) is 20.8. The van der Waals surface area contributed by atoms with Gasteiger partial charge in [-0.15, -0.1) is 0 Å². The summed E-state index contributed by atoms with van der Waals surface area (Å²) in [5.74, 6) is 0.940. The number of hydrogen-bond donors (Lipinski definition) is 1. The van der Waals surface area contributed by atoms with Crippen molar-refractivity contribution in [1.29, 1.82) is 0 Å². The molecule has 2 amide bonds. The Bertz CT molecular complexity index is 848. The van der Waals surface area contributed by atoms with E-state index in [2.05, 4.69) is 17.4 Å². The minimum Gasteiger partial charge on any atom is -0.496 e. The lowest BCUT2D eigenvalue weighted by Crippen LogP contribution is -2.48. The molecule has 1 fully saturated rings. The molecule has 0 radical (unpaired) electrons. The molecule has 2 heterocycles. The molecule has 0 saturated carbocycles. The molecule has 1 N–H and O–H groups in total. The molecular formula is C22H29N3O4. The Morgan fingerprint density at radius 3 is 2.86 bits per heavy atom. The lowest BCUT2D eigenvalue weighted by Gasteiger charge is -2.41. The normalized spacial score (nSPS) is 19.3. The number of rotatable bonds is 8. The van der Waals surface area contributed by atoms with Crippen molar-refractivity contribution in [3.05, 3.63) is 47.3 Å². The first-order valence-corrected chi connectivity index (χ1v) is 10.2. The maximum Gasteiger partial charge on any atom is 0.225 e. The van der Waals surface area contributed by atoms with Crippen molar-refractivity contribution >= 4 is 11.8 Å². The van der Waals surface area contributed by atoms with E-state index in [-0.39, 0.29) is 30.3 Å². The second-order valence-corrected chi connectivity index (χ2v) is 7.43. The van der Waals surface area contributed by atoms with Crippen LogP contribution < -0.4 is 10.1 Å². The first kappa shape index (κ1) is 20.9. The van der Waals surface area contributed by atoms with Crippen molar-refractivity contribution in [1.82, 2.24) is 15.4 Å². The van der Waals surface area contributed by atoms with E-state index in [1.54, 1.807) is 13.2 Å². The first-order chi connectivity index (χ1) is 14.0. The summed E-state index contributed by atoms with van der Waals surface area (Å²) >= 11 is 0. The number of aryl methyl sites for hydroxylation is 1. The highest BCUT2D eigenvalue weighted by atomic mass is 16.5. The van der Waals surface area contributed by atoms with Crippen molar-refractivity contribution < 1.29 is 18.8 Å². The molecule has 0 bridgehead atoms. The van der Waals surface area contributed by atoms with Gasteiger partial charge in [-0.25, -0.2) is 0 Å². The molecule has 1 aromatic heterocycles. The third kappa shape index (κ3) is 4.78. The minimum absolute atomic E-state index is 0.0873. The van der Waals surface area contributed by atoms with E-state index in [1.165, 1.54) is 0 Å². The zero-order valence-corrected chi connectivity index (χ0v) is 17.3. The van der Waals surface area contributed by atoms with E-state index in [1.807, 2.05) is 36.1 Å². The van der Waals surface area contributed by atoms with Crippen molar-refractivity contribution in [2.75, 3.05) is 13.7 Å². The fourth-order valence-corrected chi connectivity index (χ4v) is 3.92. The smallest absolute Gasteiger partial charge is 0.225 e. The fourth-order valence-electron chi connectivity index (χ4n) is 3.92. The van der Waals surface area contributed by atoms with Crippen LogP contribution in [-0.4, -0.2) is 35.5 Å². The lowest BCUT2D eigenvalue weighted by molar-refractivity contribution is -0.143. The molecule has 29 heavy (non-hydrogen) atoms. The van der Waals surface area contributed by atoms with Gasteiger partial charge < -0.3 is 19.5 Å². The van der Waals surface area contributed by atoms with Gasteiger partial charge >= 0.3 is 0 Å². The summed E-state index contributed by atoms with van der Waals surface area (Å²) in [5, 5.41) is 6.81. The van der Waals surface area contributed by atoms with Crippen LogP contribution in [0.3, 0.4) is 0 Å². The summed E-state index contributed by atoms with van der Waals surface area (Å²) in [4.78, 5) is 27.8. The van der Waals surface area contributed by atoms with E-state index in [0.29, 0.717) is 30.9 Å². The molecule has 156 valence electrons. The van der Waals surface area contributed by atoms with Gasteiger partial charge in [-0.2, -0.15) is 0 Å². The van der Waals surface area contributed by atoms with Crippen LogP contribution in [0.15, 0.2) is 34.9 Å². The van der Waals surface area contributed by atoms with Gasteiger partial charge in [-0.05, 0) is 25.8 Å². The Kier molecular flexibility index (Phi) is 6.90. The van der Waals surface area contributed by atoms with Crippen LogP contribution in [0.1, 0.15) is 55.7 Å². The summed E-state index contributed by atoms with van der Waals surface area (Å²) in [5.41, 5.74) is 1.64. The van der Waals surface area contributed by atoms with E-state index >= 15 is 0 Å². The predicted molar refractivity (Wildman–Crippen MR) is 108 cm³/mol. The van der Waals surface area contributed by atoms with Crippen molar-refractivity contribution in [2.45, 2.75) is 52.1 Å². The van der Waals surface area contributed by atoms with E-state index in [0.717, 1.165) is 24.1 Å². The Balaban J connectivity index is 1.87. The number of nitrogens with zero attached hydrogens (tertiary/aromatic N) is 2. The Hall–Kier alpha value is -2.83. The third-order valence-corrected chi connectivity index (χ3v) is 5.37. The minimum atomic E-state index is -0.357. The highest BCUT2D eigenvalue weighted by molar-refractivity contribution is 5.85. The molecule has 2 unspecified atom stereocenters. The molecular weight excluding hydrogens is 370 g/mol. The number of methoxy groups -OCH3 is 1. The van der Waals surface area contributed by atoms with Crippen LogP contribution in [0.2, 0.25) is 0 Å². The molecule has 3 rings (SSSR count). The van der Waals surface area contributed by atoms with Crippen molar-refractivity contribution in [2.24, 2.45) is 5.92 Å². The summed E-state index contributed by atoms with van der Waals surface area (Å²) in [6.45, 7) is 4.84. The molecule has 2 atom stereocenters. The number of benzene rings is 1. The average molecular weight is 399 g/mol. The van der Waals surface area contributed by atoms with Gasteiger partial charge in [-0.1, -0.05) is 36.7 Å². The van der Waals surface area contributed by atoms with Crippen molar-refractivity contribution in [3.8, 4) is 5.75 Å². The first-order valence-electron chi connectivity index (χ1n) is 10.2. The standard InChI is InChI=1S/C22H29N3O4/c1-4-5-12-25-20(26)11-10-18(21(25)17-8-6-7-9-19(17)28-3)22(27)23-14-16-13-15(2)24-29-16/h6-9,13,18,21H,4-5,10-12,14H2,1-3H3,(H,23,27). The number of amides is 2. The molecule has 1 aliphatic heterocycles. The number of nitrogens with one attached hydrogen (secondary N) is 1. The lowest BCUT2D eigenvalue weighted by atomic mass is 9.83. The van der Waals surface area contributed by atoms with E-state index in [4.69, 9.17) is 9.26 Å². The number of aromatic nitrogens is 1. The highest BCUT2D eigenvalue weighted by Crippen LogP contribution is 2.40. The van der Waals surface area contributed by atoms with Gasteiger partial charge in [0.25, 0.3) is 0 Å². The maximum absolute atomic E-state index is 13.1. The summed E-state index contributed by atoms with van der Waals surface area (Å²) in [6, 6.07) is 9.08. The topological polar surface area (TPSA) is 84.7 Å². The van der Waals surface area contributed by atoms with Gasteiger partial charge in [0.05, 0.1) is 31.3 Å². The van der Waals surface area contributed by atoms with Crippen LogP contribution in [-0.2, 0) is 16.1 Å². The number of unbranched alkanes of at least 4 members (excludes halogenated alkanes) is 1. The quantitative estimate of drug-likeness (QED) is 0.735. The number of carbonyl (C=O) groups is 2. The molecule has 1 aliphatic rings. The zero-order valence-electron chi connectivity index (χ0n) is 17.3. The highest BCUT2D eigenvalue weighted by Gasteiger charge is 2.41. The SMILES string of the molecule is CCCCN1C(=O)CCC(C(=O)NCc2cc(C)no2)C1c1ccccc1OC. The Morgan fingerprint density at radius 1 is 1.38 bits per heavy atom. The second kappa shape index (κ2) is 9.58. The van der Waals surface area contributed by atoms with Gasteiger partial charge in [0.1, 0.15) is 5.75 Å². The summed E-state index contributed by atoms with van der Waals surface area (Å²) < 4.78 is 10.7. The Labute approximate surface area is 171 Å². The van der Waals surface area contributed by atoms with Crippen LogP contribution in [0.4, 0.5) is 0 Å². The molecule has 7 nitrogen and oxygen atoms in total. The van der Waals surface area contributed by atoms with Gasteiger partial charge in [0.2, 0.25) is 11.8 Å². The Morgan fingerprint density at radius 2 is 2.17 bits per heavy atom. The summed E-state index contributed by atoms with van der Waals surface area (Å²) in [7, 11) is 1.61. The number of hydrogen-bond acceptors (Lipinski definition) is 5. The number of carbonyl (C=O) groups excluding carboxylic acids is 2. The molecule has 0 aliphatic carbocycles. The van der Waals surface area contributed by atoms with E-state index < -0.39 is 0 Å². The van der Waals surface area contributed by atoms with Crippen molar-refractivity contribution in [3.63, 3.8) is 0 Å². The van der Waals surface area contributed by atoms with E-state index in [9.17, 15) is 9.59 Å². The van der Waals surface area contributed by atoms with Gasteiger partial charge in [0.15, 0.2) is 5.76 Å². The monoisotopic (exact) mass is 399 g/mol. The fraction of sp³-hybridized carbons (Fsp3) is 0.500. The largest absolute Gasteiger partial charge is 0.496 e. The molecule has 2 aromatic rings. The number of ether oxygens (including phenoxy) is 1. The molecule has 7 heteroatoms. The molecule has 1 saturated heterocycles. The van der Waals surface area contributed by atoms with Crippen LogP contribution in [0.5, 0.6) is 5.75 Å². The van der Waals surface area contributed by atoms with Crippen LogP contribution in [0, 0.1) is 12.8 Å². The second-order valence-electron chi connectivity index (χ2n) is 7.43. The predicted octanol–water partition coefficient (Wildman–Crippen LogP) is 3.39. The third-order valence-electron chi connectivity index (χ3n) is 5.37. The molecule has 0 spiro atoms. The van der Waals surface area contributed by atoms with Crippen LogP contribution >= 0.6 is 0 Å². The maximum atomic E-state index is 13.1. The number of likely N-dealkylation sites (tertiary alicyclic amines) is 1. The average Bonchev–Trinajstić information content (AvgIpc) is 3.16. The molecule has 1 aromatic carbocycles. The van der Waals surface area contributed by atoms with Crippen LogP contribution in [0.25, 0.3) is 0 Å². The number of para-hydroxylation sites is 1. The van der Waals surface area contributed by atoms with Gasteiger partial charge in [0, 0.05) is 24.6 Å². The van der Waals surface area contributed by atoms with Gasteiger partial charge in [-0.3, -0.25) is 9.59 Å². The summed E-state index contributed by atoms with van der Waals surface area (Å²) in [6.07, 6.45) is 2.74.